The second-order valence-electron chi connectivity index (χ2n) is 5.20. The highest BCUT2D eigenvalue weighted by atomic mass is 16.2. The summed E-state index contributed by atoms with van der Waals surface area (Å²) in [5, 5.41) is 12.2. The van der Waals surface area contributed by atoms with Gasteiger partial charge in [0, 0.05) is 29.6 Å². The number of aromatic nitrogens is 4. The van der Waals surface area contributed by atoms with Crippen molar-refractivity contribution in [1.82, 2.24) is 25.5 Å². The van der Waals surface area contributed by atoms with Gasteiger partial charge in [-0.2, -0.15) is 5.10 Å². The number of nitrogens with zero attached hydrogens (tertiary/aromatic N) is 3. The molecule has 2 amide bonds. The van der Waals surface area contributed by atoms with Crippen LogP contribution in [-0.2, 0) is 0 Å². The SMILES string of the molecule is CC(C)NC(=O)Nc1ccc2ncc(-c3cn[nH]c3)cc2n1. The van der Waals surface area contributed by atoms with Crippen molar-refractivity contribution in [2.75, 3.05) is 5.32 Å². The third-order valence-corrected chi connectivity index (χ3v) is 3.03. The average Bonchev–Trinajstić information content (AvgIpc) is 2.99. The molecule has 7 nitrogen and oxygen atoms in total. The molecule has 7 heteroatoms. The maximum absolute atomic E-state index is 11.7. The Balaban J connectivity index is 1.89. The molecular formula is C15H16N6O. The molecule has 0 aliphatic heterocycles. The smallest absolute Gasteiger partial charge is 0.320 e. The molecule has 0 atom stereocenters. The summed E-state index contributed by atoms with van der Waals surface area (Å²) in [6, 6.07) is 5.26. The zero-order valence-corrected chi connectivity index (χ0v) is 12.3. The highest BCUT2D eigenvalue weighted by Gasteiger charge is 2.07. The maximum Gasteiger partial charge on any atom is 0.320 e. The summed E-state index contributed by atoms with van der Waals surface area (Å²) in [6.07, 6.45) is 5.29. The van der Waals surface area contributed by atoms with Crippen molar-refractivity contribution in [3.63, 3.8) is 0 Å². The van der Waals surface area contributed by atoms with Gasteiger partial charge in [-0.15, -0.1) is 0 Å². The molecule has 0 aromatic carbocycles. The highest BCUT2D eigenvalue weighted by Crippen LogP contribution is 2.21. The van der Waals surface area contributed by atoms with Gasteiger partial charge in [0.25, 0.3) is 0 Å². The zero-order valence-electron chi connectivity index (χ0n) is 12.3. The van der Waals surface area contributed by atoms with E-state index in [0.29, 0.717) is 11.3 Å². The van der Waals surface area contributed by atoms with Crippen LogP contribution < -0.4 is 10.6 Å². The van der Waals surface area contributed by atoms with Gasteiger partial charge in [-0.05, 0) is 32.0 Å². The number of H-pyrrole nitrogens is 1. The molecule has 112 valence electrons. The Labute approximate surface area is 127 Å². The summed E-state index contributed by atoms with van der Waals surface area (Å²) >= 11 is 0. The van der Waals surface area contributed by atoms with Crippen LogP contribution in [0, 0.1) is 0 Å². The summed E-state index contributed by atoms with van der Waals surface area (Å²) in [6.45, 7) is 3.79. The fourth-order valence-electron chi connectivity index (χ4n) is 2.06. The lowest BCUT2D eigenvalue weighted by Gasteiger charge is -2.10. The maximum atomic E-state index is 11.7. The molecular weight excluding hydrogens is 280 g/mol. The van der Waals surface area contributed by atoms with E-state index in [1.54, 1.807) is 24.7 Å². The van der Waals surface area contributed by atoms with Crippen LogP contribution in [0.3, 0.4) is 0 Å². The number of pyridine rings is 2. The van der Waals surface area contributed by atoms with Gasteiger partial charge in [-0.1, -0.05) is 0 Å². The number of aromatic amines is 1. The van der Waals surface area contributed by atoms with E-state index in [2.05, 4.69) is 30.8 Å². The molecule has 22 heavy (non-hydrogen) atoms. The van der Waals surface area contributed by atoms with Crippen molar-refractivity contribution in [3.05, 3.63) is 36.8 Å². The summed E-state index contributed by atoms with van der Waals surface area (Å²) < 4.78 is 0. The van der Waals surface area contributed by atoms with E-state index in [9.17, 15) is 4.79 Å². The first-order chi connectivity index (χ1) is 10.6. The van der Waals surface area contributed by atoms with E-state index in [1.165, 1.54) is 0 Å². The fraction of sp³-hybridized carbons (Fsp3) is 0.200. The predicted octanol–water partition coefficient (Wildman–Crippen LogP) is 2.55. The molecule has 0 saturated carbocycles. The number of rotatable bonds is 3. The number of nitrogens with one attached hydrogen (secondary N) is 3. The van der Waals surface area contributed by atoms with Crippen LogP contribution >= 0.6 is 0 Å². The third kappa shape index (κ3) is 3.03. The van der Waals surface area contributed by atoms with Gasteiger partial charge in [-0.25, -0.2) is 9.78 Å². The van der Waals surface area contributed by atoms with Gasteiger partial charge in [0.1, 0.15) is 5.82 Å². The lowest BCUT2D eigenvalue weighted by atomic mass is 10.1. The Morgan fingerprint density at radius 3 is 2.77 bits per heavy atom. The molecule has 0 fully saturated rings. The molecule has 3 N–H and O–H groups in total. The first-order valence-electron chi connectivity index (χ1n) is 6.95. The molecule has 3 rings (SSSR count). The molecule has 0 aliphatic carbocycles. The molecule has 0 radical (unpaired) electrons. The van der Waals surface area contributed by atoms with Crippen molar-refractivity contribution in [1.29, 1.82) is 0 Å². The van der Waals surface area contributed by atoms with Crippen LogP contribution in [0.1, 0.15) is 13.8 Å². The molecule has 0 saturated heterocycles. The van der Waals surface area contributed by atoms with Crippen LogP contribution in [0.5, 0.6) is 0 Å². The minimum Gasteiger partial charge on any atom is -0.336 e. The van der Waals surface area contributed by atoms with Gasteiger partial charge < -0.3 is 5.32 Å². The van der Waals surface area contributed by atoms with E-state index >= 15 is 0 Å². The topological polar surface area (TPSA) is 95.6 Å². The van der Waals surface area contributed by atoms with Crippen LogP contribution in [0.15, 0.2) is 36.8 Å². The summed E-state index contributed by atoms with van der Waals surface area (Å²) in [5.74, 6) is 0.483. The zero-order chi connectivity index (χ0) is 15.5. The second-order valence-corrected chi connectivity index (χ2v) is 5.20. The highest BCUT2D eigenvalue weighted by molar-refractivity contribution is 5.90. The molecule has 0 unspecified atom stereocenters. The van der Waals surface area contributed by atoms with Crippen LogP contribution in [-0.4, -0.2) is 32.2 Å². The van der Waals surface area contributed by atoms with Gasteiger partial charge >= 0.3 is 6.03 Å². The predicted molar refractivity (Wildman–Crippen MR) is 84.4 cm³/mol. The Hall–Kier alpha value is -2.96. The monoisotopic (exact) mass is 296 g/mol. The van der Waals surface area contributed by atoms with E-state index < -0.39 is 0 Å². The van der Waals surface area contributed by atoms with Crippen molar-refractivity contribution >= 4 is 22.9 Å². The summed E-state index contributed by atoms with van der Waals surface area (Å²) in [5.41, 5.74) is 3.33. The van der Waals surface area contributed by atoms with Crippen LogP contribution in [0.25, 0.3) is 22.2 Å². The Bertz CT molecular complexity index is 797. The van der Waals surface area contributed by atoms with Gasteiger partial charge in [0.2, 0.25) is 0 Å². The van der Waals surface area contributed by atoms with Crippen molar-refractivity contribution < 1.29 is 4.79 Å². The first kappa shape index (κ1) is 14.0. The molecule has 0 bridgehead atoms. The number of carbonyl (C=O) groups is 1. The molecule has 0 aliphatic rings. The van der Waals surface area contributed by atoms with Crippen LogP contribution in [0.4, 0.5) is 10.6 Å². The quantitative estimate of drug-likeness (QED) is 0.692. The summed E-state index contributed by atoms with van der Waals surface area (Å²) in [4.78, 5) is 20.5. The van der Waals surface area contributed by atoms with Crippen LogP contribution in [0.2, 0.25) is 0 Å². The van der Waals surface area contributed by atoms with Gasteiger partial charge in [0.15, 0.2) is 0 Å². The third-order valence-electron chi connectivity index (χ3n) is 3.03. The van der Waals surface area contributed by atoms with Gasteiger partial charge in [0.05, 0.1) is 17.2 Å². The van der Waals surface area contributed by atoms with Crippen molar-refractivity contribution in [3.8, 4) is 11.1 Å². The minimum atomic E-state index is -0.277. The Morgan fingerprint density at radius 2 is 2.05 bits per heavy atom. The molecule has 3 aromatic rings. The second kappa shape index (κ2) is 5.80. The number of hydrogen-bond donors (Lipinski definition) is 3. The number of carbonyl (C=O) groups excluding carboxylic acids is 1. The lowest BCUT2D eigenvalue weighted by Crippen LogP contribution is -2.34. The lowest BCUT2D eigenvalue weighted by molar-refractivity contribution is 0.250. The first-order valence-corrected chi connectivity index (χ1v) is 6.95. The largest absolute Gasteiger partial charge is 0.336 e. The Morgan fingerprint density at radius 1 is 1.18 bits per heavy atom. The normalized spacial score (nSPS) is 10.9. The number of anilines is 1. The molecule has 3 heterocycles. The van der Waals surface area contributed by atoms with E-state index in [1.807, 2.05) is 26.0 Å². The number of urea groups is 1. The standard InChI is InChI=1S/C15H16N6O/c1-9(2)19-15(22)21-14-4-3-12-13(20-14)5-10(6-16-12)11-7-17-18-8-11/h3-9H,1-2H3,(H,17,18)(H2,19,20,21,22). The van der Waals surface area contributed by atoms with Gasteiger partial charge in [-0.3, -0.25) is 15.4 Å². The molecule has 0 spiro atoms. The number of hydrogen-bond acceptors (Lipinski definition) is 4. The Kier molecular flexibility index (Phi) is 3.69. The summed E-state index contributed by atoms with van der Waals surface area (Å²) in [7, 11) is 0. The van der Waals surface area contributed by atoms with E-state index in [-0.39, 0.29) is 12.1 Å². The minimum absolute atomic E-state index is 0.0646. The van der Waals surface area contributed by atoms with E-state index in [4.69, 9.17) is 0 Å². The van der Waals surface area contributed by atoms with Crippen molar-refractivity contribution in [2.24, 2.45) is 0 Å². The average molecular weight is 296 g/mol. The fourth-order valence-corrected chi connectivity index (χ4v) is 2.06. The number of amides is 2. The van der Waals surface area contributed by atoms with E-state index in [0.717, 1.165) is 16.6 Å². The number of fused-ring (bicyclic) bond motifs is 1. The molecule has 3 aromatic heterocycles. The van der Waals surface area contributed by atoms with Crippen molar-refractivity contribution in [2.45, 2.75) is 19.9 Å².